The zero-order valence-electron chi connectivity index (χ0n) is 14.0. The van der Waals surface area contributed by atoms with Crippen LogP contribution in [-0.4, -0.2) is 24.8 Å². The minimum atomic E-state index is -0.0741. The predicted octanol–water partition coefficient (Wildman–Crippen LogP) is 4.03. The van der Waals surface area contributed by atoms with Crippen molar-refractivity contribution in [2.45, 2.75) is 66.0 Å². The highest BCUT2D eigenvalue weighted by Crippen LogP contribution is 2.13. The molecule has 1 atom stereocenters. The Balaban J connectivity index is 2.65. The molecule has 0 aliphatic carbocycles. The molecule has 0 radical (unpaired) electrons. The molecule has 0 aromatic heterocycles. The highest BCUT2D eigenvalue weighted by atomic mass is 16.5. The minimum Gasteiger partial charge on any atom is -0.374 e. The van der Waals surface area contributed by atoms with E-state index in [1.54, 1.807) is 0 Å². The minimum absolute atomic E-state index is 0.0741. The molecular formula is C18H31NO. The van der Waals surface area contributed by atoms with Gasteiger partial charge in [0.1, 0.15) is 0 Å². The third-order valence-corrected chi connectivity index (χ3v) is 3.45. The molecule has 20 heavy (non-hydrogen) atoms. The Morgan fingerprint density at radius 2 is 1.85 bits per heavy atom. The van der Waals surface area contributed by atoms with Crippen LogP contribution >= 0.6 is 0 Å². The Hall–Kier alpha value is -0.860. The maximum absolute atomic E-state index is 5.95. The molecule has 0 heterocycles. The molecule has 1 rings (SSSR count). The van der Waals surface area contributed by atoms with Crippen LogP contribution in [0.25, 0.3) is 0 Å². The third-order valence-electron chi connectivity index (χ3n) is 3.45. The molecule has 1 aromatic rings. The van der Waals surface area contributed by atoms with E-state index in [1.807, 2.05) is 0 Å². The summed E-state index contributed by atoms with van der Waals surface area (Å²) in [5, 5.41) is 3.60. The Kier molecular flexibility index (Phi) is 6.70. The summed E-state index contributed by atoms with van der Waals surface area (Å²) in [4.78, 5) is 0. The number of benzene rings is 1. The molecule has 0 saturated heterocycles. The summed E-state index contributed by atoms with van der Waals surface area (Å²) in [6.45, 7) is 14.7. The highest BCUT2D eigenvalue weighted by Gasteiger charge is 2.15. The standard InChI is InChI=1S/C18H31NO/c1-7-10-19-17(13-20-18(4,5)6)12-16-9-8-14(2)15(3)11-16/h8-9,11,17,19H,7,10,12-13H2,1-6H3. The zero-order valence-corrected chi connectivity index (χ0v) is 14.0. The number of rotatable bonds is 7. The van der Waals surface area contributed by atoms with Gasteiger partial charge in [-0.25, -0.2) is 0 Å². The smallest absolute Gasteiger partial charge is 0.0629 e. The molecule has 0 spiro atoms. The number of aryl methyl sites for hydroxylation is 2. The molecule has 1 aromatic carbocycles. The fraction of sp³-hybridized carbons (Fsp3) is 0.667. The van der Waals surface area contributed by atoms with Crippen LogP contribution in [-0.2, 0) is 11.2 Å². The lowest BCUT2D eigenvalue weighted by Crippen LogP contribution is -2.38. The van der Waals surface area contributed by atoms with Crippen molar-refractivity contribution in [2.24, 2.45) is 0 Å². The van der Waals surface area contributed by atoms with Crippen LogP contribution in [0.15, 0.2) is 18.2 Å². The van der Waals surface area contributed by atoms with Gasteiger partial charge in [0.25, 0.3) is 0 Å². The lowest BCUT2D eigenvalue weighted by molar-refractivity contribution is -0.0143. The average molecular weight is 277 g/mol. The SMILES string of the molecule is CCCNC(COC(C)(C)C)Cc1ccc(C)c(C)c1. The molecule has 0 aliphatic rings. The van der Waals surface area contributed by atoms with Crippen LogP contribution in [0.2, 0.25) is 0 Å². The Morgan fingerprint density at radius 3 is 2.40 bits per heavy atom. The molecule has 1 unspecified atom stereocenters. The van der Waals surface area contributed by atoms with Gasteiger partial charge in [-0.3, -0.25) is 0 Å². The first-order chi connectivity index (χ1) is 9.31. The van der Waals surface area contributed by atoms with Gasteiger partial charge in [-0.1, -0.05) is 25.1 Å². The first-order valence-electron chi connectivity index (χ1n) is 7.75. The van der Waals surface area contributed by atoms with Gasteiger partial charge in [-0.15, -0.1) is 0 Å². The summed E-state index contributed by atoms with van der Waals surface area (Å²) in [6, 6.07) is 7.13. The van der Waals surface area contributed by atoms with E-state index in [0.717, 1.165) is 26.0 Å². The van der Waals surface area contributed by atoms with Crippen LogP contribution in [0.4, 0.5) is 0 Å². The van der Waals surface area contributed by atoms with Crippen molar-refractivity contribution < 1.29 is 4.74 Å². The van der Waals surface area contributed by atoms with Crippen LogP contribution in [0.1, 0.15) is 50.8 Å². The molecule has 0 bridgehead atoms. The molecule has 114 valence electrons. The van der Waals surface area contributed by atoms with Crippen molar-refractivity contribution in [1.82, 2.24) is 5.32 Å². The van der Waals surface area contributed by atoms with E-state index >= 15 is 0 Å². The fourth-order valence-electron chi connectivity index (χ4n) is 2.10. The van der Waals surface area contributed by atoms with Crippen LogP contribution in [0.5, 0.6) is 0 Å². The Morgan fingerprint density at radius 1 is 1.15 bits per heavy atom. The maximum Gasteiger partial charge on any atom is 0.0629 e. The number of nitrogens with one attached hydrogen (secondary N) is 1. The van der Waals surface area contributed by atoms with Crippen LogP contribution < -0.4 is 5.32 Å². The second-order valence-electron chi connectivity index (χ2n) is 6.70. The zero-order chi connectivity index (χ0) is 15.2. The van der Waals surface area contributed by atoms with E-state index in [0.29, 0.717) is 6.04 Å². The summed E-state index contributed by atoms with van der Waals surface area (Å²) in [5.74, 6) is 0. The first-order valence-corrected chi connectivity index (χ1v) is 7.75. The van der Waals surface area contributed by atoms with Gasteiger partial charge in [0.15, 0.2) is 0 Å². The molecule has 0 aliphatic heterocycles. The maximum atomic E-state index is 5.95. The molecule has 1 N–H and O–H groups in total. The van der Waals surface area contributed by atoms with Crippen LogP contribution in [0, 0.1) is 13.8 Å². The topological polar surface area (TPSA) is 21.3 Å². The summed E-state index contributed by atoms with van der Waals surface area (Å²) in [7, 11) is 0. The molecule has 0 amide bonds. The quantitative estimate of drug-likeness (QED) is 0.812. The largest absolute Gasteiger partial charge is 0.374 e. The van der Waals surface area contributed by atoms with E-state index < -0.39 is 0 Å². The monoisotopic (exact) mass is 277 g/mol. The molecule has 0 fully saturated rings. The van der Waals surface area contributed by atoms with E-state index in [4.69, 9.17) is 4.74 Å². The average Bonchev–Trinajstić information content (AvgIpc) is 2.36. The van der Waals surface area contributed by atoms with Crippen molar-refractivity contribution in [3.8, 4) is 0 Å². The normalized spacial score (nSPS) is 13.5. The second kappa shape index (κ2) is 7.80. The fourth-order valence-corrected chi connectivity index (χ4v) is 2.10. The van der Waals surface area contributed by atoms with E-state index in [9.17, 15) is 0 Å². The van der Waals surface area contributed by atoms with Crippen molar-refractivity contribution in [3.63, 3.8) is 0 Å². The Labute approximate surface area is 124 Å². The van der Waals surface area contributed by atoms with E-state index in [-0.39, 0.29) is 5.60 Å². The lowest BCUT2D eigenvalue weighted by atomic mass is 10.0. The molecule has 2 nitrogen and oxygen atoms in total. The van der Waals surface area contributed by atoms with Gasteiger partial charge < -0.3 is 10.1 Å². The molecular weight excluding hydrogens is 246 g/mol. The van der Waals surface area contributed by atoms with Gasteiger partial charge in [0.05, 0.1) is 12.2 Å². The summed E-state index contributed by atoms with van der Waals surface area (Å²) in [6.07, 6.45) is 2.18. The second-order valence-corrected chi connectivity index (χ2v) is 6.70. The van der Waals surface area contributed by atoms with Crippen molar-refractivity contribution in [2.75, 3.05) is 13.2 Å². The Bertz CT molecular complexity index is 406. The molecule has 2 heteroatoms. The van der Waals surface area contributed by atoms with Gasteiger partial charge in [0, 0.05) is 6.04 Å². The van der Waals surface area contributed by atoms with Crippen molar-refractivity contribution in [3.05, 3.63) is 34.9 Å². The van der Waals surface area contributed by atoms with Gasteiger partial charge in [0.2, 0.25) is 0 Å². The van der Waals surface area contributed by atoms with Gasteiger partial charge >= 0.3 is 0 Å². The summed E-state index contributed by atoms with van der Waals surface area (Å²) < 4.78 is 5.95. The summed E-state index contributed by atoms with van der Waals surface area (Å²) in [5.41, 5.74) is 4.04. The number of hydrogen-bond donors (Lipinski definition) is 1. The first kappa shape index (κ1) is 17.2. The van der Waals surface area contributed by atoms with E-state index in [1.165, 1.54) is 16.7 Å². The van der Waals surface area contributed by atoms with E-state index in [2.05, 4.69) is 65.1 Å². The highest BCUT2D eigenvalue weighted by molar-refractivity contribution is 5.30. The number of hydrogen-bond acceptors (Lipinski definition) is 2. The number of ether oxygens (including phenoxy) is 1. The van der Waals surface area contributed by atoms with Gasteiger partial charge in [-0.05, 0) is 70.7 Å². The van der Waals surface area contributed by atoms with Gasteiger partial charge in [-0.2, -0.15) is 0 Å². The van der Waals surface area contributed by atoms with Crippen molar-refractivity contribution >= 4 is 0 Å². The van der Waals surface area contributed by atoms with Crippen LogP contribution in [0.3, 0.4) is 0 Å². The van der Waals surface area contributed by atoms with Crippen molar-refractivity contribution in [1.29, 1.82) is 0 Å². The lowest BCUT2D eigenvalue weighted by Gasteiger charge is -2.25. The molecule has 0 saturated carbocycles. The third kappa shape index (κ3) is 6.53. The summed E-state index contributed by atoms with van der Waals surface area (Å²) >= 11 is 0. The predicted molar refractivity (Wildman–Crippen MR) is 87.4 cm³/mol.